The Labute approximate surface area is 322 Å². The van der Waals surface area contributed by atoms with Crippen LogP contribution in [0.25, 0.3) is 21.2 Å². The smallest absolute Gasteiger partial charge is 0.407 e. The molecule has 55 heavy (non-hydrogen) atoms. The summed E-state index contributed by atoms with van der Waals surface area (Å²) in [7, 11) is -3.93. The topological polar surface area (TPSA) is 195 Å². The van der Waals surface area contributed by atoms with Gasteiger partial charge in [0, 0.05) is 23.6 Å². The van der Waals surface area contributed by atoms with Gasteiger partial charge in [0.15, 0.2) is 5.75 Å². The number of benzene rings is 1. The lowest BCUT2D eigenvalue weighted by Gasteiger charge is -2.35. The van der Waals surface area contributed by atoms with Gasteiger partial charge in [0.25, 0.3) is 11.5 Å². The number of hydrogen-bond donors (Lipinski definition) is 3. The van der Waals surface area contributed by atoms with E-state index in [-0.39, 0.29) is 32.6 Å². The van der Waals surface area contributed by atoms with Crippen LogP contribution in [0.4, 0.5) is 4.79 Å². The number of nitrogens with zero attached hydrogens (tertiary/aromatic N) is 3. The summed E-state index contributed by atoms with van der Waals surface area (Å²) < 4.78 is 41.5. The van der Waals surface area contributed by atoms with Gasteiger partial charge in [-0.15, -0.1) is 17.9 Å². The number of fused-ring (bicyclic) bond motifs is 13. The standard InChI is InChI=1S/C38H46N6O9S2/c1-5-24-19-38(24,35(48)42-55(50,51)26-11-12-26)41-32(45)27-18-25-21-43(27)34(47)31(37(2,3)4)40-36(49)53-15-8-6-7-14-52-28-20-39-44(25)33(46)30(28)23-10-9-22-13-16-54-29(22)17-23/h5,9-10,13,16-17,20,24-27,31H,1,6-8,11-12,14-15,18-19,21H2,2-4H3,(H,40,49)(H,41,45)(H,42,48)/t24?,25-,27+,31-,38?/m1/s1. The van der Waals surface area contributed by atoms with E-state index in [1.54, 1.807) is 32.1 Å². The maximum atomic E-state index is 14.6. The van der Waals surface area contributed by atoms with Crippen LogP contribution in [0.2, 0.25) is 0 Å². The van der Waals surface area contributed by atoms with Crippen molar-refractivity contribution in [2.24, 2.45) is 11.3 Å². The molecule has 5 atom stereocenters. The third-order valence-corrected chi connectivity index (χ3v) is 13.5. The fraction of sp³-hybridized carbons (Fsp3) is 0.526. The Kier molecular flexibility index (Phi) is 10.3. The summed E-state index contributed by atoms with van der Waals surface area (Å²) in [5.74, 6) is -2.47. The number of amides is 4. The van der Waals surface area contributed by atoms with Gasteiger partial charge < -0.3 is 25.0 Å². The third kappa shape index (κ3) is 7.72. The van der Waals surface area contributed by atoms with Gasteiger partial charge >= 0.3 is 6.09 Å². The normalized spacial score (nSPS) is 26.3. The molecule has 1 aromatic carbocycles. The van der Waals surface area contributed by atoms with E-state index < -0.39 is 79.6 Å². The van der Waals surface area contributed by atoms with Crippen LogP contribution >= 0.6 is 11.3 Å². The van der Waals surface area contributed by atoms with E-state index in [0.29, 0.717) is 49.0 Å². The number of alkyl carbamates (subject to hydrolysis) is 1. The quantitative estimate of drug-likeness (QED) is 0.297. The lowest BCUT2D eigenvalue weighted by molar-refractivity contribution is -0.142. The predicted molar refractivity (Wildman–Crippen MR) is 205 cm³/mol. The number of carbonyl (C=O) groups excluding carboxylic acids is 4. The van der Waals surface area contributed by atoms with Crippen LogP contribution in [-0.4, -0.2) is 89.5 Å². The van der Waals surface area contributed by atoms with Crippen LogP contribution in [0, 0.1) is 11.3 Å². The zero-order chi connectivity index (χ0) is 39.3. The fourth-order valence-corrected chi connectivity index (χ4v) is 9.59. The Bertz CT molecular complexity index is 2210. The van der Waals surface area contributed by atoms with E-state index in [9.17, 15) is 32.4 Å². The number of aromatic nitrogens is 2. The lowest BCUT2D eigenvalue weighted by Crippen LogP contribution is -2.60. The molecule has 294 valence electrons. The number of rotatable bonds is 7. The summed E-state index contributed by atoms with van der Waals surface area (Å²) in [4.78, 5) is 71.4. The molecule has 4 amide bonds. The molecule has 3 N–H and O–H groups in total. The van der Waals surface area contributed by atoms with Gasteiger partial charge in [-0.1, -0.05) is 39.0 Å². The van der Waals surface area contributed by atoms with E-state index in [0.717, 1.165) is 10.1 Å². The summed E-state index contributed by atoms with van der Waals surface area (Å²) in [5, 5.41) is 12.3. The SMILES string of the molecule is C=CC1CC1(NC(=O)[C@@H]1C[C@@H]2CN1C(=O)[C@H](C(C)(C)C)NC(=O)OCCCCCOc1cnn2c(=O)c1-c1ccc2ccsc2c1)C(=O)NS(=O)(=O)C1CC1. The first-order chi connectivity index (χ1) is 26.1. The zero-order valence-electron chi connectivity index (χ0n) is 31.0. The number of thiophene rings is 1. The van der Waals surface area contributed by atoms with Crippen molar-refractivity contribution in [2.75, 3.05) is 19.8 Å². The lowest BCUT2D eigenvalue weighted by atomic mass is 9.85. The molecule has 2 aromatic heterocycles. The second-order valence-electron chi connectivity index (χ2n) is 15.9. The Hall–Kier alpha value is -4.77. The monoisotopic (exact) mass is 794 g/mol. The van der Waals surface area contributed by atoms with E-state index in [4.69, 9.17) is 9.47 Å². The van der Waals surface area contributed by atoms with Gasteiger partial charge in [0.1, 0.15) is 17.6 Å². The van der Waals surface area contributed by atoms with Crippen molar-refractivity contribution in [1.82, 2.24) is 30.0 Å². The minimum Gasteiger partial charge on any atom is -0.491 e. The molecule has 0 spiro atoms. The molecule has 3 fully saturated rings. The fourth-order valence-electron chi connectivity index (χ4n) is 7.40. The van der Waals surface area contributed by atoms with Crippen molar-refractivity contribution in [3.63, 3.8) is 0 Å². The molecular formula is C38H46N6O9S2. The molecule has 3 aromatic rings. The van der Waals surface area contributed by atoms with Crippen molar-refractivity contribution < 1.29 is 37.1 Å². The molecule has 0 radical (unpaired) electrons. The molecule has 5 heterocycles. The van der Waals surface area contributed by atoms with Gasteiger partial charge in [-0.05, 0) is 72.4 Å². The van der Waals surface area contributed by atoms with Crippen LogP contribution in [0.3, 0.4) is 0 Å². The third-order valence-electron chi connectivity index (χ3n) is 10.8. The zero-order valence-corrected chi connectivity index (χ0v) is 32.7. The van der Waals surface area contributed by atoms with Crippen LogP contribution in [0.1, 0.15) is 71.8 Å². The molecule has 15 nitrogen and oxygen atoms in total. The second-order valence-corrected chi connectivity index (χ2v) is 18.8. The van der Waals surface area contributed by atoms with Gasteiger partial charge in [-0.3, -0.25) is 23.9 Å². The van der Waals surface area contributed by atoms with Crippen LogP contribution in [-0.2, 0) is 29.1 Å². The van der Waals surface area contributed by atoms with Crippen LogP contribution in [0.5, 0.6) is 5.75 Å². The molecule has 3 aliphatic heterocycles. The van der Waals surface area contributed by atoms with Crippen molar-refractivity contribution in [3.8, 4) is 16.9 Å². The molecule has 17 heteroatoms. The Balaban J connectivity index is 1.28. The molecule has 5 aliphatic rings. The highest BCUT2D eigenvalue weighted by Gasteiger charge is 2.62. The molecule has 2 unspecified atom stereocenters. The Morgan fingerprint density at radius 1 is 1.09 bits per heavy atom. The van der Waals surface area contributed by atoms with Crippen molar-refractivity contribution in [1.29, 1.82) is 0 Å². The molecule has 2 aliphatic carbocycles. The first kappa shape index (κ1) is 38.5. The number of nitrogens with one attached hydrogen (secondary N) is 3. The second kappa shape index (κ2) is 14.7. The minimum absolute atomic E-state index is 0.0772. The first-order valence-corrected chi connectivity index (χ1v) is 21.0. The minimum atomic E-state index is -3.93. The van der Waals surface area contributed by atoms with Crippen LogP contribution in [0.15, 0.2) is 53.3 Å². The summed E-state index contributed by atoms with van der Waals surface area (Å²) in [5.41, 5.74) is -2.01. The molecule has 4 bridgehead atoms. The summed E-state index contributed by atoms with van der Waals surface area (Å²) >= 11 is 1.54. The summed E-state index contributed by atoms with van der Waals surface area (Å²) in [6.07, 6.45) is 4.90. The van der Waals surface area contributed by atoms with Crippen molar-refractivity contribution >= 4 is 55.3 Å². The Morgan fingerprint density at radius 3 is 2.53 bits per heavy atom. The van der Waals surface area contributed by atoms with E-state index in [2.05, 4.69) is 27.0 Å². The highest BCUT2D eigenvalue weighted by Crippen LogP contribution is 2.46. The van der Waals surface area contributed by atoms with E-state index in [1.165, 1.54) is 21.9 Å². The van der Waals surface area contributed by atoms with Gasteiger partial charge in [0.05, 0.1) is 36.3 Å². The van der Waals surface area contributed by atoms with Gasteiger partial charge in [0.2, 0.25) is 21.8 Å². The average Bonchev–Trinajstić information content (AvgIpc) is 4.02. The predicted octanol–water partition coefficient (Wildman–Crippen LogP) is 3.64. The number of sulfonamides is 1. The van der Waals surface area contributed by atoms with Crippen molar-refractivity contribution in [2.45, 2.75) is 94.6 Å². The molecule has 1 saturated heterocycles. The summed E-state index contributed by atoms with van der Waals surface area (Å²) in [6.45, 7) is 9.32. The largest absolute Gasteiger partial charge is 0.491 e. The maximum Gasteiger partial charge on any atom is 0.407 e. The number of carbonyl (C=O) groups is 4. The van der Waals surface area contributed by atoms with E-state index in [1.807, 2.05) is 29.6 Å². The molecule has 2 saturated carbocycles. The first-order valence-electron chi connectivity index (χ1n) is 18.6. The number of hydrogen-bond acceptors (Lipinski definition) is 11. The highest BCUT2D eigenvalue weighted by molar-refractivity contribution is 7.91. The summed E-state index contributed by atoms with van der Waals surface area (Å²) in [6, 6.07) is 4.49. The highest BCUT2D eigenvalue weighted by atomic mass is 32.2. The van der Waals surface area contributed by atoms with Gasteiger partial charge in [-0.2, -0.15) is 5.10 Å². The van der Waals surface area contributed by atoms with Crippen LogP contribution < -0.4 is 25.7 Å². The number of ether oxygens (including phenoxy) is 2. The maximum absolute atomic E-state index is 14.6. The molecular weight excluding hydrogens is 749 g/mol. The van der Waals surface area contributed by atoms with Crippen molar-refractivity contribution in [3.05, 3.63) is 58.9 Å². The van der Waals surface area contributed by atoms with E-state index >= 15 is 0 Å². The average molecular weight is 795 g/mol. The Morgan fingerprint density at radius 2 is 1.84 bits per heavy atom. The molecule has 8 rings (SSSR count). The van der Waals surface area contributed by atoms with Gasteiger partial charge in [-0.25, -0.2) is 17.9 Å².